The molecule has 0 radical (unpaired) electrons. The second-order valence-corrected chi connectivity index (χ2v) is 6.94. The van der Waals surface area contributed by atoms with Crippen LogP contribution < -0.4 is 0 Å². The molecule has 4 heterocycles. The van der Waals surface area contributed by atoms with Crippen molar-refractivity contribution in [1.82, 2.24) is 29.6 Å². The average Bonchev–Trinajstić information content (AvgIpc) is 3.26. The number of nitrogens with zero attached hydrogens (tertiary/aromatic N) is 6. The lowest BCUT2D eigenvalue weighted by Crippen LogP contribution is -2.32. The first-order valence-corrected chi connectivity index (χ1v) is 8.86. The van der Waals surface area contributed by atoms with Gasteiger partial charge in [0.1, 0.15) is 5.76 Å². The highest BCUT2D eigenvalue weighted by Gasteiger charge is 2.34. The molecule has 1 fully saturated rings. The molecule has 1 atom stereocenters. The van der Waals surface area contributed by atoms with Crippen molar-refractivity contribution in [1.29, 1.82) is 0 Å². The number of hydrogen-bond acceptors (Lipinski definition) is 6. The van der Waals surface area contributed by atoms with E-state index in [1.54, 1.807) is 4.52 Å². The molecular formula is C18H22N6O2. The van der Waals surface area contributed by atoms with Crippen LogP contribution >= 0.6 is 0 Å². The van der Waals surface area contributed by atoms with Gasteiger partial charge < -0.3 is 9.42 Å². The number of hydrogen-bond donors (Lipinski definition) is 0. The van der Waals surface area contributed by atoms with Gasteiger partial charge in [-0.15, -0.1) is 5.10 Å². The number of carbonyl (C=O) groups is 1. The number of fused-ring (bicyclic) bond motifs is 1. The molecule has 0 aliphatic carbocycles. The standard InChI is InChI=1S/C18H22N6O2/c1-10-8-11(2)24-18(19-10)20-15(21-24)9-16(25)23-7-5-6-14(23)17-12(3)22-26-13(17)4/h8,14H,5-7,9H2,1-4H3/t14-/m1/s1. The van der Waals surface area contributed by atoms with Gasteiger partial charge in [0, 0.05) is 23.5 Å². The Labute approximate surface area is 151 Å². The first-order valence-electron chi connectivity index (χ1n) is 8.86. The highest BCUT2D eigenvalue weighted by atomic mass is 16.5. The molecule has 1 amide bonds. The zero-order chi connectivity index (χ0) is 18.4. The Morgan fingerprint density at radius 2 is 2.08 bits per heavy atom. The molecule has 136 valence electrons. The second-order valence-electron chi connectivity index (χ2n) is 6.94. The number of aromatic nitrogens is 5. The van der Waals surface area contributed by atoms with Gasteiger partial charge in [-0.2, -0.15) is 4.98 Å². The molecule has 8 nitrogen and oxygen atoms in total. The zero-order valence-electron chi connectivity index (χ0n) is 15.5. The third-order valence-corrected chi connectivity index (χ3v) is 4.97. The van der Waals surface area contributed by atoms with Crippen LogP contribution in [0.2, 0.25) is 0 Å². The van der Waals surface area contributed by atoms with Crippen LogP contribution in [-0.4, -0.2) is 42.1 Å². The quantitative estimate of drug-likeness (QED) is 0.717. The predicted molar refractivity (Wildman–Crippen MR) is 93.6 cm³/mol. The van der Waals surface area contributed by atoms with E-state index in [-0.39, 0.29) is 18.4 Å². The molecule has 0 spiro atoms. The molecule has 1 aliphatic rings. The smallest absolute Gasteiger partial charge is 0.252 e. The van der Waals surface area contributed by atoms with E-state index in [0.29, 0.717) is 11.6 Å². The van der Waals surface area contributed by atoms with Gasteiger partial charge >= 0.3 is 0 Å². The van der Waals surface area contributed by atoms with E-state index in [2.05, 4.69) is 20.2 Å². The summed E-state index contributed by atoms with van der Waals surface area (Å²) in [6, 6.07) is 1.97. The minimum Gasteiger partial charge on any atom is -0.361 e. The molecule has 26 heavy (non-hydrogen) atoms. The first kappa shape index (κ1) is 16.7. The van der Waals surface area contributed by atoms with Gasteiger partial charge in [0.2, 0.25) is 5.91 Å². The van der Waals surface area contributed by atoms with E-state index < -0.39 is 0 Å². The topological polar surface area (TPSA) is 89.4 Å². The van der Waals surface area contributed by atoms with Crippen LogP contribution in [-0.2, 0) is 11.2 Å². The molecule has 1 saturated heterocycles. The fourth-order valence-electron chi connectivity index (χ4n) is 3.85. The summed E-state index contributed by atoms with van der Waals surface area (Å²) in [4.78, 5) is 23.7. The zero-order valence-corrected chi connectivity index (χ0v) is 15.5. The first-order chi connectivity index (χ1) is 12.4. The Balaban J connectivity index is 1.59. The van der Waals surface area contributed by atoms with Crippen LogP contribution in [0, 0.1) is 27.7 Å². The number of rotatable bonds is 3. The summed E-state index contributed by atoms with van der Waals surface area (Å²) in [5, 5.41) is 8.49. The van der Waals surface area contributed by atoms with E-state index in [1.165, 1.54) is 0 Å². The predicted octanol–water partition coefficient (Wildman–Crippen LogP) is 2.25. The summed E-state index contributed by atoms with van der Waals surface area (Å²) in [7, 11) is 0. The van der Waals surface area contributed by atoms with Crippen LogP contribution in [0.4, 0.5) is 0 Å². The SMILES string of the molecule is Cc1cc(C)n2nc(CC(=O)N3CCC[C@@H]3c3c(C)noc3C)nc2n1. The van der Waals surface area contributed by atoms with Gasteiger partial charge in [0.25, 0.3) is 5.78 Å². The number of aryl methyl sites for hydroxylation is 4. The molecule has 3 aromatic rings. The Hall–Kier alpha value is -2.77. The lowest BCUT2D eigenvalue weighted by Gasteiger charge is -2.24. The van der Waals surface area contributed by atoms with E-state index in [1.807, 2.05) is 38.7 Å². The van der Waals surface area contributed by atoms with Crippen molar-refractivity contribution in [3.63, 3.8) is 0 Å². The van der Waals surface area contributed by atoms with Crippen LogP contribution in [0.3, 0.4) is 0 Å². The Kier molecular flexibility index (Phi) is 3.97. The van der Waals surface area contributed by atoms with Crippen molar-refractivity contribution in [2.45, 2.75) is 53.0 Å². The molecule has 8 heteroatoms. The normalized spacial score (nSPS) is 17.4. The van der Waals surface area contributed by atoms with E-state index in [4.69, 9.17) is 4.52 Å². The van der Waals surface area contributed by atoms with Gasteiger partial charge in [-0.3, -0.25) is 4.79 Å². The molecule has 0 saturated carbocycles. The second kappa shape index (κ2) is 6.19. The minimum atomic E-state index is 0.0212. The summed E-state index contributed by atoms with van der Waals surface area (Å²) < 4.78 is 6.98. The summed E-state index contributed by atoms with van der Waals surface area (Å²) in [5.41, 5.74) is 3.73. The van der Waals surface area contributed by atoms with Crippen molar-refractivity contribution < 1.29 is 9.32 Å². The van der Waals surface area contributed by atoms with Gasteiger partial charge in [-0.25, -0.2) is 9.50 Å². The van der Waals surface area contributed by atoms with Crippen molar-refractivity contribution in [2.24, 2.45) is 0 Å². The van der Waals surface area contributed by atoms with Crippen molar-refractivity contribution in [3.05, 3.63) is 40.3 Å². The van der Waals surface area contributed by atoms with Gasteiger partial charge in [0.15, 0.2) is 5.82 Å². The molecule has 3 aromatic heterocycles. The maximum absolute atomic E-state index is 12.9. The largest absolute Gasteiger partial charge is 0.361 e. The van der Waals surface area contributed by atoms with Gasteiger partial charge in [-0.1, -0.05) is 5.16 Å². The maximum Gasteiger partial charge on any atom is 0.252 e. The summed E-state index contributed by atoms with van der Waals surface area (Å²) in [5.74, 6) is 1.85. The molecule has 4 rings (SSSR count). The lowest BCUT2D eigenvalue weighted by atomic mass is 10.0. The van der Waals surface area contributed by atoms with Gasteiger partial charge in [-0.05, 0) is 46.6 Å². The third kappa shape index (κ3) is 2.75. The van der Waals surface area contributed by atoms with Crippen molar-refractivity contribution in [3.8, 4) is 0 Å². The van der Waals surface area contributed by atoms with Gasteiger partial charge in [0.05, 0.1) is 18.2 Å². The highest BCUT2D eigenvalue weighted by molar-refractivity contribution is 5.79. The Bertz CT molecular complexity index is 970. The lowest BCUT2D eigenvalue weighted by molar-refractivity contribution is -0.131. The summed E-state index contributed by atoms with van der Waals surface area (Å²) in [6.45, 7) is 8.43. The minimum absolute atomic E-state index is 0.0212. The highest BCUT2D eigenvalue weighted by Crippen LogP contribution is 2.35. The average molecular weight is 354 g/mol. The molecule has 0 bridgehead atoms. The van der Waals surface area contributed by atoms with Crippen molar-refractivity contribution in [2.75, 3.05) is 6.54 Å². The number of likely N-dealkylation sites (tertiary alicyclic amines) is 1. The third-order valence-electron chi connectivity index (χ3n) is 4.97. The molecule has 0 aromatic carbocycles. The summed E-state index contributed by atoms with van der Waals surface area (Å²) in [6.07, 6.45) is 2.06. The molecular weight excluding hydrogens is 332 g/mol. The van der Waals surface area contributed by atoms with E-state index in [9.17, 15) is 4.79 Å². The number of carbonyl (C=O) groups excluding carboxylic acids is 1. The van der Waals surface area contributed by atoms with Crippen molar-refractivity contribution >= 4 is 11.7 Å². The van der Waals surface area contributed by atoms with Crippen LogP contribution in [0.25, 0.3) is 5.78 Å². The fourth-order valence-corrected chi connectivity index (χ4v) is 3.85. The monoisotopic (exact) mass is 354 g/mol. The fraction of sp³-hybridized carbons (Fsp3) is 0.500. The van der Waals surface area contributed by atoms with E-state index in [0.717, 1.165) is 47.8 Å². The Morgan fingerprint density at radius 1 is 1.27 bits per heavy atom. The van der Waals surface area contributed by atoms with Crippen LogP contribution in [0.1, 0.15) is 53.1 Å². The number of amides is 1. The maximum atomic E-state index is 12.9. The Morgan fingerprint density at radius 3 is 2.81 bits per heavy atom. The van der Waals surface area contributed by atoms with Crippen LogP contribution in [0.15, 0.2) is 10.6 Å². The van der Waals surface area contributed by atoms with Crippen LogP contribution in [0.5, 0.6) is 0 Å². The molecule has 0 N–H and O–H groups in total. The summed E-state index contributed by atoms with van der Waals surface area (Å²) >= 11 is 0. The molecule has 0 unspecified atom stereocenters. The molecule has 1 aliphatic heterocycles. The van der Waals surface area contributed by atoms with E-state index >= 15 is 0 Å².